The molecule has 3 rings (SSSR count). The van der Waals surface area contributed by atoms with Crippen molar-refractivity contribution in [3.8, 4) is 0 Å². The molecular formula is C15H10N2O. The van der Waals surface area contributed by atoms with Crippen LogP contribution in [0, 0.1) is 0 Å². The summed E-state index contributed by atoms with van der Waals surface area (Å²) in [7, 11) is 0. The minimum absolute atomic E-state index is 0.0748. The molecule has 1 aromatic heterocycles. The maximum Gasteiger partial charge on any atom is 0.212 e. The predicted octanol–water partition coefficient (Wildman–Crippen LogP) is 2.86. The molecule has 3 heteroatoms. The van der Waals surface area contributed by atoms with Gasteiger partial charge >= 0.3 is 0 Å². The van der Waals surface area contributed by atoms with E-state index in [1.807, 2.05) is 42.5 Å². The van der Waals surface area contributed by atoms with Crippen molar-refractivity contribution in [3.63, 3.8) is 0 Å². The van der Waals surface area contributed by atoms with E-state index in [1.165, 1.54) is 6.33 Å². The Labute approximate surface area is 104 Å². The SMILES string of the molecule is O=C(c1ccncn1)c1cccc2ccccc12. The summed E-state index contributed by atoms with van der Waals surface area (Å²) in [6, 6.07) is 15.2. The monoisotopic (exact) mass is 234 g/mol. The molecule has 2 aromatic carbocycles. The van der Waals surface area contributed by atoms with E-state index < -0.39 is 0 Å². The minimum atomic E-state index is -0.0748. The number of benzene rings is 2. The number of ketones is 1. The second-order valence-electron chi connectivity index (χ2n) is 3.95. The van der Waals surface area contributed by atoms with Crippen molar-refractivity contribution in [1.29, 1.82) is 0 Å². The summed E-state index contributed by atoms with van der Waals surface area (Å²) in [4.78, 5) is 20.2. The zero-order chi connectivity index (χ0) is 12.4. The molecule has 1 heterocycles. The zero-order valence-corrected chi connectivity index (χ0v) is 9.58. The fourth-order valence-electron chi connectivity index (χ4n) is 1.99. The summed E-state index contributed by atoms with van der Waals surface area (Å²) in [6.45, 7) is 0. The molecule has 0 spiro atoms. The lowest BCUT2D eigenvalue weighted by Crippen LogP contribution is -2.04. The van der Waals surface area contributed by atoms with Crippen molar-refractivity contribution in [2.75, 3.05) is 0 Å². The Morgan fingerprint density at radius 2 is 1.78 bits per heavy atom. The number of aromatic nitrogens is 2. The average molecular weight is 234 g/mol. The Bertz CT molecular complexity index is 703. The number of hydrogen-bond donors (Lipinski definition) is 0. The van der Waals surface area contributed by atoms with E-state index in [9.17, 15) is 4.79 Å². The molecule has 0 amide bonds. The molecule has 18 heavy (non-hydrogen) atoms. The number of carbonyl (C=O) groups is 1. The van der Waals surface area contributed by atoms with Crippen LogP contribution in [-0.4, -0.2) is 15.8 Å². The number of fused-ring (bicyclic) bond motifs is 1. The maximum atomic E-state index is 12.4. The third kappa shape index (κ3) is 1.76. The van der Waals surface area contributed by atoms with Gasteiger partial charge in [-0.25, -0.2) is 9.97 Å². The first-order valence-electron chi connectivity index (χ1n) is 5.65. The second-order valence-corrected chi connectivity index (χ2v) is 3.95. The quantitative estimate of drug-likeness (QED) is 0.640. The number of rotatable bonds is 2. The van der Waals surface area contributed by atoms with Crippen LogP contribution in [0.5, 0.6) is 0 Å². The van der Waals surface area contributed by atoms with Crippen molar-refractivity contribution in [1.82, 2.24) is 9.97 Å². The molecule has 0 saturated heterocycles. The van der Waals surface area contributed by atoms with Gasteiger partial charge in [0.05, 0.1) is 0 Å². The summed E-state index contributed by atoms with van der Waals surface area (Å²) < 4.78 is 0. The van der Waals surface area contributed by atoms with E-state index >= 15 is 0 Å². The summed E-state index contributed by atoms with van der Waals surface area (Å²) in [5.74, 6) is -0.0748. The lowest BCUT2D eigenvalue weighted by molar-refractivity contribution is 0.103. The third-order valence-electron chi connectivity index (χ3n) is 2.85. The van der Waals surface area contributed by atoms with Gasteiger partial charge in [-0.3, -0.25) is 4.79 Å². The lowest BCUT2D eigenvalue weighted by Gasteiger charge is -2.04. The Morgan fingerprint density at radius 1 is 0.944 bits per heavy atom. The first-order valence-corrected chi connectivity index (χ1v) is 5.65. The highest BCUT2D eigenvalue weighted by molar-refractivity contribution is 6.15. The Hall–Kier alpha value is -2.55. The van der Waals surface area contributed by atoms with Crippen LogP contribution in [0.3, 0.4) is 0 Å². The van der Waals surface area contributed by atoms with E-state index in [-0.39, 0.29) is 5.78 Å². The smallest absolute Gasteiger partial charge is 0.212 e. The van der Waals surface area contributed by atoms with Crippen molar-refractivity contribution < 1.29 is 4.79 Å². The lowest BCUT2D eigenvalue weighted by atomic mass is 10.00. The number of carbonyl (C=O) groups excluding carboxylic acids is 1. The van der Waals surface area contributed by atoms with Gasteiger partial charge in [0.1, 0.15) is 12.0 Å². The van der Waals surface area contributed by atoms with Gasteiger partial charge in [0.2, 0.25) is 5.78 Å². The normalized spacial score (nSPS) is 10.4. The van der Waals surface area contributed by atoms with Gasteiger partial charge < -0.3 is 0 Å². The molecular weight excluding hydrogens is 224 g/mol. The molecule has 0 unspecified atom stereocenters. The molecule has 86 valence electrons. The predicted molar refractivity (Wildman–Crippen MR) is 69.4 cm³/mol. The van der Waals surface area contributed by atoms with Gasteiger partial charge in [0, 0.05) is 11.8 Å². The largest absolute Gasteiger partial charge is 0.287 e. The van der Waals surface area contributed by atoms with E-state index in [0.29, 0.717) is 11.3 Å². The summed E-state index contributed by atoms with van der Waals surface area (Å²) in [5, 5.41) is 2.00. The van der Waals surface area contributed by atoms with Crippen LogP contribution in [0.1, 0.15) is 16.1 Å². The van der Waals surface area contributed by atoms with E-state index in [0.717, 1.165) is 10.8 Å². The Morgan fingerprint density at radius 3 is 2.61 bits per heavy atom. The van der Waals surface area contributed by atoms with Crippen LogP contribution >= 0.6 is 0 Å². The van der Waals surface area contributed by atoms with Crippen LogP contribution in [-0.2, 0) is 0 Å². The third-order valence-corrected chi connectivity index (χ3v) is 2.85. The summed E-state index contributed by atoms with van der Waals surface area (Å²) in [5.41, 5.74) is 1.09. The molecule has 0 saturated carbocycles. The highest BCUT2D eigenvalue weighted by Crippen LogP contribution is 2.20. The van der Waals surface area contributed by atoms with Gasteiger partial charge in [-0.1, -0.05) is 42.5 Å². The van der Waals surface area contributed by atoms with Gasteiger partial charge in [-0.05, 0) is 16.8 Å². The molecule has 0 bridgehead atoms. The summed E-state index contributed by atoms with van der Waals surface area (Å²) in [6.07, 6.45) is 2.96. The highest BCUT2D eigenvalue weighted by Gasteiger charge is 2.12. The van der Waals surface area contributed by atoms with E-state index in [1.54, 1.807) is 12.3 Å². The Kier molecular flexibility index (Phi) is 2.57. The fraction of sp³-hybridized carbons (Fsp3) is 0. The topological polar surface area (TPSA) is 42.9 Å². The van der Waals surface area contributed by atoms with E-state index in [4.69, 9.17) is 0 Å². The summed E-state index contributed by atoms with van der Waals surface area (Å²) >= 11 is 0. The highest BCUT2D eigenvalue weighted by atomic mass is 16.1. The van der Waals surface area contributed by atoms with E-state index in [2.05, 4.69) is 9.97 Å². The molecule has 0 N–H and O–H groups in total. The van der Waals surface area contributed by atoms with Crippen molar-refractivity contribution in [3.05, 3.63) is 72.3 Å². The van der Waals surface area contributed by atoms with Crippen LogP contribution in [0.2, 0.25) is 0 Å². The van der Waals surface area contributed by atoms with Crippen LogP contribution in [0.4, 0.5) is 0 Å². The molecule has 0 aliphatic carbocycles. The minimum Gasteiger partial charge on any atom is -0.287 e. The fourth-order valence-corrected chi connectivity index (χ4v) is 1.99. The van der Waals surface area contributed by atoms with Crippen molar-refractivity contribution in [2.45, 2.75) is 0 Å². The average Bonchev–Trinajstić information content (AvgIpc) is 2.47. The zero-order valence-electron chi connectivity index (χ0n) is 9.58. The van der Waals surface area contributed by atoms with Crippen molar-refractivity contribution >= 4 is 16.6 Å². The molecule has 0 aliphatic heterocycles. The maximum absolute atomic E-state index is 12.4. The molecule has 0 aliphatic rings. The van der Waals surface area contributed by atoms with Crippen LogP contribution in [0.25, 0.3) is 10.8 Å². The number of hydrogen-bond acceptors (Lipinski definition) is 3. The Balaban J connectivity index is 2.18. The van der Waals surface area contributed by atoms with Gasteiger partial charge in [-0.15, -0.1) is 0 Å². The van der Waals surface area contributed by atoms with Gasteiger partial charge in [0.25, 0.3) is 0 Å². The first kappa shape index (κ1) is 10.6. The van der Waals surface area contributed by atoms with Crippen LogP contribution in [0.15, 0.2) is 61.1 Å². The van der Waals surface area contributed by atoms with Crippen molar-refractivity contribution in [2.24, 2.45) is 0 Å². The molecule has 0 fully saturated rings. The molecule has 0 radical (unpaired) electrons. The van der Waals surface area contributed by atoms with Gasteiger partial charge in [0.15, 0.2) is 0 Å². The van der Waals surface area contributed by atoms with Gasteiger partial charge in [-0.2, -0.15) is 0 Å². The molecule has 3 nitrogen and oxygen atoms in total. The second kappa shape index (κ2) is 4.37. The molecule has 3 aromatic rings. The first-order chi connectivity index (χ1) is 8.86. The van der Waals surface area contributed by atoms with Crippen LogP contribution < -0.4 is 0 Å². The standard InChI is InChI=1S/C15H10N2O/c18-15(14-8-9-16-10-17-14)13-7-3-5-11-4-1-2-6-12(11)13/h1-10H. The molecule has 0 atom stereocenters. The number of nitrogens with zero attached hydrogens (tertiary/aromatic N) is 2.